The number of pyridine rings is 1. The second-order valence-electron chi connectivity index (χ2n) is 7.07. The molecule has 1 heterocycles. The third-order valence-electron chi connectivity index (χ3n) is 4.92. The molecule has 0 aliphatic carbocycles. The molecule has 0 saturated carbocycles. The van der Waals surface area contributed by atoms with Crippen LogP contribution in [0.5, 0.6) is 0 Å². The molecule has 31 heavy (non-hydrogen) atoms. The first-order valence-corrected chi connectivity index (χ1v) is 9.83. The first-order chi connectivity index (χ1) is 15.1. The largest absolute Gasteiger partial charge is 0.350 e. The molecule has 1 unspecified atom stereocenters. The van der Waals surface area contributed by atoms with Crippen molar-refractivity contribution in [2.75, 3.05) is 0 Å². The van der Waals surface area contributed by atoms with Gasteiger partial charge < -0.3 is 10.6 Å². The third kappa shape index (κ3) is 4.93. The van der Waals surface area contributed by atoms with Crippen LogP contribution in [0.1, 0.15) is 27.5 Å². The predicted molar refractivity (Wildman–Crippen MR) is 117 cm³/mol. The molecule has 2 N–H and O–H groups in total. The van der Waals surface area contributed by atoms with Gasteiger partial charge in [0.1, 0.15) is 11.9 Å². The van der Waals surface area contributed by atoms with E-state index in [9.17, 15) is 14.0 Å². The summed E-state index contributed by atoms with van der Waals surface area (Å²) in [5.41, 5.74) is 2.65. The molecule has 6 heteroatoms. The maximum absolute atomic E-state index is 13.1. The number of aromatic nitrogens is 1. The summed E-state index contributed by atoms with van der Waals surface area (Å²) in [5.74, 6) is -1.06. The summed E-state index contributed by atoms with van der Waals surface area (Å²) in [6, 6.07) is 22.9. The van der Waals surface area contributed by atoms with Crippen molar-refractivity contribution in [2.24, 2.45) is 0 Å². The van der Waals surface area contributed by atoms with E-state index in [1.807, 2.05) is 24.3 Å². The minimum atomic E-state index is -0.876. The Morgan fingerprint density at radius 2 is 1.68 bits per heavy atom. The van der Waals surface area contributed by atoms with E-state index in [2.05, 4.69) is 15.6 Å². The SMILES string of the molecule is O=C(NC(C(=O)NCc1ccc(F)cc1)c1ccccc1)c1ccc2ncccc2c1. The van der Waals surface area contributed by atoms with E-state index in [0.717, 1.165) is 16.5 Å². The van der Waals surface area contributed by atoms with E-state index in [1.165, 1.54) is 12.1 Å². The van der Waals surface area contributed by atoms with Gasteiger partial charge in [0.05, 0.1) is 5.52 Å². The molecule has 0 spiro atoms. The fraction of sp³-hybridized carbons (Fsp3) is 0.0800. The summed E-state index contributed by atoms with van der Waals surface area (Å²) < 4.78 is 13.1. The lowest BCUT2D eigenvalue weighted by Gasteiger charge is -2.19. The molecule has 0 saturated heterocycles. The minimum Gasteiger partial charge on any atom is -0.350 e. The molecular formula is C25H20FN3O2. The molecule has 3 aromatic carbocycles. The monoisotopic (exact) mass is 413 g/mol. The highest BCUT2D eigenvalue weighted by molar-refractivity contribution is 6.00. The summed E-state index contributed by atoms with van der Waals surface area (Å²) in [6.45, 7) is 0.222. The van der Waals surface area contributed by atoms with Gasteiger partial charge in [0.2, 0.25) is 5.91 Å². The average Bonchev–Trinajstić information content (AvgIpc) is 2.82. The number of hydrogen-bond acceptors (Lipinski definition) is 3. The van der Waals surface area contributed by atoms with Gasteiger partial charge in [-0.1, -0.05) is 48.5 Å². The summed E-state index contributed by atoms with van der Waals surface area (Å²) >= 11 is 0. The van der Waals surface area contributed by atoms with Crippen molar-refractivity contribution in [3.63, 3.8) is 0 Å². The molecule has 0 aliphatic heterocycles. The lowest BCUT2D eigenvalue weighted by molar-refractivity contribution is -0.123. The standard InChI is InChI=1S/C25H20FN3O2/c26-21-11-8-17(9-12-21)16-28-25(31)23(18-5-2-1-3-6-18)29-24(30)20-10-13-22-19(15-20)7-4-14-27-22/h1-15,23H,16H2,(H,28,31)(H,29,30). The van der Waals surface area contributed by atoms with Gasteiger partial charge in [-0.2, -0.15) is 0 Å². The highest BCUT2D eigenvalue weighted by Crippen LogP contribution is 2.17. The van der Waals surface area contributed by atoms with E-state index in [4.69, 9.17) is 0 Å². The normalized spacial score (nSPS) is 11.6. The second-order valence-corrected chi connectivity index (χ2v) is 7.07. The number of fused-ring (bicyclic) bond motifs is 1. The van der Waals surface area contributed by atoms with Crippen LogP contribution in [0.15, 0.2) is 91.1 Å². The Kier molecular flexibility index (Phi) is 5.98. The zero-order valence-corrected chi connectivity index (χ0v) is 16.6. The van der Waals surface area contributed by atoms with Crippen LogP contribution >= 0.6 is 0 Å². The number of hydrogen-bond donors (Lipinski definition) is 2. The van der Waals surface area contributed by atoms with E-state index in [0.29, 0.717) is 11.1 Å². The van der Waals surface area contributed by atoms with Crippen molar-refractivity contribution in [1.29, 1.82) is 0 Å². The summed E-state index contributed by atoms with van der Waals surface area (Å²) in [4.78, 5) is 30.1. The lowest BCUT2D eigenvalue weighted by Crippen LogP contribution is -2.40. The van der Waals surface area contributed by atoms with Crippen molar-refractivity contribution in [2.45, 2.75) is 12.6 Å². The van der Waals surface area contributed by atoms with Crippen LogP contribution in [0.25, 0.3) is 10.9 Å². The number of halogens is 1. The smallest absolute Gasteiger partial charge is 0.252 e. The molecule has 4 rings (SSSR count). The molecule has 1 atom stereocenters. The van der Waals surface area contributed by atoms with E-state index in [-0.39, 0.29) is 24.2 Å². The van der Waals surface area contributed by atoms with Crippen LogP contribution in [0.2, 0.25) is 0 Å². The Morgan fingerprint density at radius 3 is 2.45 bits per heavy atom. The summed E-state index contributed by atoms with van der Waals surface area (Å²) in [7, 11) is 0. The van der Waals surface area contributed by atoms with Crippen LogP contribution in [-0.4, -0.2) is 16.8 Å². The molecule has 0 aliphatic rings. The third-order valence-corrected chi connectivity index (χ3v) is 4.92. The van der Waals surface area contributed by atoms with Gasteiger partial charge in [-0.15, -0.1) is 0 Å². The molecule has 4 aromatic rings. The number of carbonyl (C=O) groups excluding carboxylic acids is 2. The van der Waals surface area contributed by atoms with Gasteiger partial charge in [0.15, 0.2) is 0 Å². The molecule has 0 fully saturated rings. The minimum absolute atomic E-state index is 0.222. The highest BCUT2D eigenvalue weighted by Gasteiger charge is 2.23. The lowest BCUT2D eigenvalue weighted by atomic mass is 10.0. The number of rotatable bonds is 6. The Bertz CT molecular complexity index is 1210. The zero-order chi connectivity index (χ0) is 21.6. The van der Waals surface area contributed by atoms with Crippen LogP contribution in [0, 0.1) is 5.82 Å². The van der Waals surface area contributed by atoms with E-state index >= 15 is 0 Å². The fourth-order valence-corrected chi connectivity index (χ4v) is 3.27. The Morgan fingerprint density at radius 1 is 0.903 bits per heavy atom. The maximum atomic E-state index is 13.1. The van der Waals surface area contributed by atoms with Crippen LogP contribution < -0.4 is 10.6 Å². The molecule has 2 amide bonds. The molecule has 0 radical (unpaired) electrons. The number of amides is 2. The quantitative estimate of drug-likeness (QED) is 0.499. The van der Waals surface area contributed by atoms with Crippen molar-refractivity contribution in [1.82, 2.24) is 15.6 Å². The topological polar surface area (TPSA) is 71.1 Å². The first-order valence-electron chi connectivity index (χ1n) is 9.83. The zero-order valence-electron chi connectivity index (χ0n) is 16.6. The average molecular weight is 413 g/mol. The number of carbonyl (C=O) groups is 2. The molecule has 0 bridgehead atoms. The van der Waals surface area contributed by atoms with Crippen molar-refractivity contribution >= 4 is 22.7 Å². The molecular weight excluding hydrogens is 393 g/mol. The summed E-state index contributed by atoms with van der Waals surface area (Å²) in [5, 5.41) is 6.49. The predicted octanol–water partition coefficient (Wildman–Crippen LogP) is 4.16. The number of nitrogens with zero attached hydrogens (tertiary/aromatic N) is 1. The second kappa shape index (κ2) is 9.17. The van der Waals surface area contributed by atoms with Gasteiger partial charge >= 0.3 is 0 Å². The van der Waals surface area contributed by atoms with Gasteiger partial charge in [0, 0.05) is 23.7 Å². The van der Waals surface area contributed by atoms with Crippen molar-refractivity contribution in [3.8, 4) is 0 Å². The fourth-order valence-electron chi connectivity index (χ4n) is 3.27. The van der Waals surface area contributed by atoms with Gasteiger partial charge in [-0.3, -0.25) is 14.6 Å². The maximum Gasteiger partial charge on any atom is 0.252 e. The number of benzene rings is 3. The van der Waals surface area contributed by atoms with Crippen LogP contribution in [0.3, 0.4) is 0 Å². The molecule has 154 valence electrons. The Labute approximate surface area is 178 Å². The van der Waals surface area contributed by atoms with E-state index < -0.39 is 6.04 Å². The van der Waals surface area contributed by atoms with Crippen molar-refractivity contribution < 1.29 is 14.0 Å². The van der Waals surface area contributed by atoms with Crippen LogP contribution in [-0.2, 0) is 11.3 Å². The Hall–Kier alpha value is -4.06. The number of nitrogens with one attached hydrogen (secondary N) is 2. The first kappa shape index (κ1) is 20.2. The molecule has 1 aromatic heterocycles. The van der Waals surface area contributed by atoms with Gasteiger partial charge in [-0.05, 0) is 47.5 Å². The highest BCUT2D eigenvalue weighted by atomic mass is 19.1. The van der Waals surface area contributed by atoms with Gasteiger partial charge in [0.25, 0.3) is 5.91 Å². The van der Waals surface area contributed by atoms with Crippen LogP contribution in [0.4, 0.5) is 4.39 Å². The Balaban J connectivity index is 1.53. The van der Waals surface area contributed by atoms with Crippen molar-refractivity contribution in [3.05, 3.63) is 114 Å². The summed E-state index contributed by atoms with van der Waals surface area (Å²) in [6.07, 6.45) is 1.69. The molecule has 5 nitrogen and oxygen atoms in total. The van der Waals surface area contributed by atoms with E-state index in [1.54, 1.807) is 54.7 Å². The van der Waals surface area contributed by atoms with Gasteiger partial charge in [-0.25, -0.2) is 4.39 Å².